The maximum atomic E-state index is 11.9. The summed E-state index contributed by atoms with van der Waals surface area (Å²) >= 11 is 1.50. The summed E-state index contributed by atoms with van der Waals surface area (Å²) in [7, 11) is 0. The summed E-state index contributed by atoms with van der Waals surface area (Å²) in [5.74, 6) is -0.131. The van der Waals surface area contributed by atoms with Gasteiger partial charge in [-0.2, -0.15) is 5.10 Å². The molecule has 1 aromatic carbocycles. The van der Waals surface area contributed by atoms with Crippen molar-refractivity contribution in [2.75, 3.05) is 0 Å². The molecule has 21 heavy (non-hydrogen) atoms. The van der Waals surface area contributed by atoms with E-state index in [1.807, 2.05) is 42.6 Å². The van der Waals surface area contributed by atoms with E-state index in [0.29, 0.717) is 0 Å². The van der Waals surface area contributed by atoms with Gasteiger partial charge in [0.15, 0.2) is 0 Å². The standard InChI is InChI=1S/C16H19N3OS/c1-3-7-14(13-8-5-4-6-9-13)18-19-15(20)10-16-17-12(2)11-21-16/h4-6,8-9,11H,3,7,10H2,1-2H3,(H,19,20)/b18-14-. The Kier molecular flexibility index (Phi) is 5.63. The molecular formula is C16H19N3OS. The number of hydrogen-bond donors (Lipinski definition) is 1. The van der Waals surface area contributed by atoms with E-state index in [1.54, 1.807) is 0 Å². The van der Waals surface area contributed by atoms with Crippen molar-refractivity contribution in [3.8, 4) is 0 Å². The van der Waals surface area contributed by atoms with E-state index >= 15 is 0 Å². The molecule has 110 valence electrons. The van der Waals surface area contributed by atoms with Crippen LogP contribution in [0.4, 0.5) is 0 Å². The second kappa shape index (κ2) is 7.69. The van der Waals surface area contributed by atoms with Gasteiger partial charge in [0.2, 0.25) is 5.91 Å². The molecule has 2 rings (SSSR count). The highest BCUT2D eigenvalue weighted by Gasteiger charge is 2.07. The number of aromatic nitrogens is 1. The molecule has 0 bridgehead atoms. The minimum atomic E-state index is -0.131. The van der Waals surface area contributed by atoms with Gasteiger partial charge in [0.1, 0.15) is 5.01 Å². The molecule has 0 saturated carbocycles. The average molecular weight is 301 g/mol. The molecule has 0 fully saturated rings. The fraction of sp³-hybridized carbons (Fsp3) is 0.312. The van der Waals surface area contributed by atoms with Crippen LogP contribution >= 0.6 is 11.3 Å². The number of hydrogen-bond acceptors (Lipinski definition) is 4. The summed E-state index contributed by atoms with van der Waals surface area (Å²) in [6.45, 7) is 4.02. The molecule has 0 radical (unpaired) electrons. The number of nitrogens with one attached hydrogen (secondary N) is 1. The van der Waals surface area contributed by atoms with Crippen molar-refractivity contribution < 1.29 is 4.79 Å². The predicted octanol–water partition coefficient (Wildman–Crippen LogP) is 3.31. The van der Waals surface area contributed by atoms with Gasteiger partial charge in [0.25, 0.3) is 0 Å². The number of nitrogens with zero attached hydrogens (tertiary/aromatic N) is 2. The first-order valence-electron chi connectivity index (χ1n) is 7.01. The number of hydrazone groups is 1. The third kappa shape index (κ3) is 4.79. The zero-order valence-corrected chi connectivity index (χ0v) is 13.1. The van der Waals surface area contributed by atoms with Crippen molar-refractivity contribution in [3.05, 3.63) is 52.0 Å². The maximum Gasteiger partial charge on any atom is 0.246 e. The molecule has 1 aromatic heterocycles. The first kappa shape index (κ1) is 15.4. The van der Waals surface area contributed by atoms with Gasteiger partial charge in [-0.25, -0.2) is 10.4 Å². The molecule has 1 amide bonds. The first-order valence-corrected chi connectivity index (χ1v) is 7.89. The molecule has 5 heteroatoms. The van der Waals surface area contributed by atoms with Crippen LogP contribution in [0.1, 0.15) is 36.0 Å². The van der Waals surface area contributed by atoms with Gasteiger partial charge >= 0.3 is 0 Å². The Balaban J connectivity index is 2.00. The molecule has 4 nitrogen and oxygen atoms in total. The summed E-state index contributed by atoms with van der Waals surface area (Å²) in [6, 6.07) is 9.92. The smallest absolute Gasteiger partial charge is 0.246 e. The summed E-state index contributed by atoms with van der Waals surface area (Å²) in [4.78, 5) is 16.2. The van der Waals surface area contributed by atoms with Crippen molar-refractivity contribution in [2.24, 2.45) is 5.10 Å². The second-order valence-electron chi connectivity index (χ2n) is 4.77. The Bertz CT molecular complexity index is 619. The number of amides is 1. The monoisotopic (exact) mass is 301 g/mol. The first-order chi connectivity index (χ1) is 10.2. The van der Waals surface area contributed by atoms with E-state index in [9.17, 15) is 4.79 Å². The number of thiazole rings is 1. The van der Waals surface area contributed by atoms with Crippen LogP contribution in [-0.4, -0.2) is 16.6 Å². The lowest BCUT2D eigenvalue weighted by Crippen LogP contribution is -2.22. The summed E-state index contributed by atoms with van der Waals surface area (Å²) in [5, 5.41) is 7.04. The van der Waals surface area contributed by atoms with E-state index in [4.69, 9.17) is 0 Å². The third-order valence-corrected chi connectivity index (χ3v) is 3.85. The second-order valence-corrected chi connectivity index (χ2v) is 5.71. The quantitative estimate of drug-likeness (QED) is 0.657. The molecule has 0 unspecified atom stereocenters. The number of carbonyl (C=O) groups is 1. The normalized spacial score (nSPS) is 11.4. The number of carbonyl (C=O) groups excluding carboxylic acids is 1. The molecule has 0 spiro atoms. The third-order valence-electron chi connectivity index (χ3n) is 2.89. The zero-order chi connectivity index (χ0) is 15.1. The van der Waals surface area contributed by atoms with E-state index in [1.165, 1.54) is 11.3 Å². The number of benzene rings is 1. The van der Waals surface area contributed by atoms with Crippen molar-refractivity contribution in [1.29, 1.82) is 0 Å². The molecular weight excluding hydrogens is 282 g/mol. The zero-order valence-electron chi connectivity index (χ0n) is 12.3. The number of rotatable bonds is 6. The summed E-state index contributed by atoms with van der Waals surface area (Å²) < 4.78 is 0. The molecule has 0 aliphatic rings. The Labute approximate surface area is 128 Å². The lowest BCUT2D eigenvalue weighted by atomic mass is 10.1. The minimum Gasteiger partial charge on any atom is -0.273 e. The lowest BCUT2D eigenvalue weighted by Gasteiger charge is -2.06. The largest absolute Gasteiger partial charge is 0.273 e. The van der Waals surface area contributed by atoms with Crippen LogP contribution in [0.25, 0.3) is 0 Å². The van der Waals surface area contributed by atoms with E-state index in [0.717, 1.165) is 34.8 Å². The fourth-order valence-corrected chi connectivity index (χ4v) is 2.69. The van der Waals surface area contributed by atoms with Gasteiger partial charge in [-0.1, -0.05) is 43.7 Å². The molecule has 0 saturated heterocycles. The Hall–Kier alpha value is -2.01. The van der Waals surface area contributed by atoms with Crippen LogP contribution in [0, 0.1) is 6.92 Å². The Morgan fingerprint density at radius 2 is 2.10 bits per heavy atom. The van der Waals surface area contributed by atoms with Crippen LogP contribution in [-0.2, 0) is 11.2 Å². The summed E-state index contributed by atoms with van der Waals surface area (Å²) in [6.07, 6.45) is 2.09. The Morgan fingerprint density at radius 3 is 2.71 bits per heavy atom. The topological polar surface area (TPSA) is 54.4 Å². The number of aryl methyl sites for hydroxylation is 1. The van der Waals surface area contributed by atoms with Crippen LogP contribution < -0.4 is 5.43 Å². The predicted molar refractivity (Wildman–Crippen MR) is 86.6 cm³/mol. The highest BCUT2D eigenvalue weighted by atomic mass is 32.1. The van der Waals surface area contributed by atoms with Gasteiger partial charge in [-0.15, -0.1) is 11.3 Å². The van der Waals surface area contributed by atoms with E-state index in [2.05, 4.69) is 22.4 Å². The lowest BCUT2D eigenvalue weighted by molar-refractivity contribution is -0.120. The average Bonchev–Trinajstić information content (AvgIpc) is 2.89. The molecule has 2 aromatic rings. The van der Waals surface area contributed by atoms with Gasteiger partial charge in [0, 0.05) is 11.1 Å². The molecule has 0 aliphatic carbocycles. The van der Waals surface area contributed by atoms with E-state index < -0.39 is 0 Å². The van der Waals surface area contributed by atoms with Gasteiger partial charge in [-0.05, 0) is 18.9 Å². The minimum absolute atomic E-state index is 0.131. The highest BCUT2D eigenvalue weighted by Crippen LogP contribution is 2.09. The van der Waals surface area contributed by atoms with E-state index in [-0.39, 0.29) is 12.3 Å². The molecule has 1 heterocycles. The van der Waals surface area contributed by atoms with Gasteiger partial charge < -0.3 is 0 Å². The van der Waals surface area contributed by atoms with Crippen LogP contribution in [0.3, 0.4) is 0 Å². The van der Waals surface area contributed by atoms with Crippen molar-refractivity contribution in [2.45, 2.75) is 33.1 Å². The van der Waals surface area contributed by atoms with Crippen molar-refractivity contribution >= 4 is 23.0 Å². The molecule has 1 N–H and O–H groups in total. The van der Waals surface area contributed by atoms with Crippen LogP contribution in [0.15, 0.2) is 40.8 Å². The van der Waals surface area contributed by atoms with Crippen molar-refractivity contribution in [3.63, 3.8) is 0 Å². The molecule has 0 atom stereocenters. The van der Waals surface area contributed by atoms with Crippen LogP contribution in [0.5, 0.6) is 0 Å². The highest BCUT2D eigenvalue weighted by molar-refractivity contribution is 7.09. The van der Waals surface area contributed by atoms with Crippen LogP contribution in [0.2, 0.25) is 0 Å². The maximum absolute atomic E-state index is 11.9. The van der Waals surface area contributed by atoms with Gasteiger partial charge in [0.05, 0.1) is 12.1 Å². The van der Waals surface area contributed by atoms with Gasteiger partial charge in [-0.3, -0.25) is 4.79 Å². The SMILES string of the molecule is CCC/C(=N/NC(=O)Cc1nc(C)cs1)c1ccccc1. The molecule has 0 aliphatic heterocycles. The fourth-order valence-electron chi connectivity index (χ4n) is 1.92. The summed E-state index contributed by atoms with van der Waals surface area (Å²) in [5.41, 5.74) is 5.54. The Morgan fingerprint density at radius 1 is 1.33 bits per heavy atom. The van der Waals surface area contributed by atoms with Crippen molar-refractivity contribution in [1.82, 2.24) is 10.4 Å².